The topological polar surface area (TPSA) is 93.1 Å². The van der Waals surface area contributed by atoms with Crippen LogP contribution in [0.1, 0.15) is 69.6 Å². The minimum absolute atomic E-state index is 0.0390. The third kappa shape index (κ3) is 3.81. The van der Waals surface area contributed by atoms with Gasteiger partial charge in [-0.3, -0.25) is 10.0 Å². The summed E-state index contributed by atoms with van der Waals surface area (Å²) in [5.74, 6) is 0.429. The maximum atomic E-state index is 13.5. The van der Waals surface area contributed by atoms with E-state index in [9.17, 15) is 15.1 Å². The molecular formula is C26H32NO5-. The highest BCUT2D eigenvalue weighted by Gasteiger charge is 2.58. The molecule has 0 aromatic heterocycles. The average Bonchev–Trinajstić information content (AvgIpc) is 2.73. The van der Waals surface area contributed by atoms with Crippen LogP contribution >= 0.6 is 0 Å². The highest BCUT2D eigenvalue weighted by molar-refractivity contribution is 5.80. The minimum Gasteiger partial charge on any atom is -0.733 e. The maximum Gasteiger partial charge on any atom is 0.317 e. The van der Waals surface area contributed by atoms with E-state index in [4.69, 9.17) is 9.94 Å². The van der Waals surface area contributed by atoms with Crippen molar-refractivity contribution in [3.05, 3.63) is 64.4 Å². The number of anilines is 1. The van der Waals surface area contributed by atoms with E-state index >= 15 is 0 Å². The van der Waals surface area contributed by atoms with Crippen LogP contribution in [0.25, 0.3) is 0 Å². The van der Waals surface area contributed by atoms with Crippen molar-refractivity contribution in [1.82, 2.24) is 0 Å². The molecule has 0 aliphatic heterocycles. The number of nitrogens with zero attached hydrogens (tertiary/aromatic N) is 1. The van der Waals surface area contributed by atoms with Gasteiger partial charge in [0.15, 0.2) is 0 Å². The van der Waals surface area contributed by atoms with Crippen LogP contribution in [0.5, 0.6) is 5.75 Å². The van der Waals surface area contributed by atoms with E-state index in [2.05, 4.69) is 39.0 Å². The number of hydrogen-bond donors (Lipinski definition) is 2. The predicted octanol–water partition coefficient (Wildman–Crippen LogP) is 5.09. The molecule has 32 heavy (non-hydrogen) atoms. The SMILES string of the molecule is CC(C)c1ccc2c(c1)CCC1C(C)(C(=O)Oc3ccc(N([O-])O)cc3)CC(O)CC21C. The van der Waals surface area contributed by atoms with E-state index in [0.717, 1.165) is 12.8 Å². The van der Waals surface area contributed by atoms with Crippen LogP contribution in [-0.2, 0) is 16.6 Å². The van der Waals surface area contributed by atoms with E-state index in [1.54, 1.807) is 0 Å². The standard InChI is InChI=1S/C26H32NO5/c1-16(2)17-5-11-22-18(13-17)6-12-23-25(22,3)14-20(28)15-26(23,4)24(29)32-21-9-7-19(8-10-21)27(30)31/h5,7-11,13,16,20,23,28,30H,6,12,14-15H2,1-4H3/q-1. The van der Waals surface area contributed by atoms with Crippen molar-refractivity contribution < 1.29 is 19.8 Å². The number of carbonyl (C=O) groups is 1. The lowest BCUT2D eigenvalue weighted by atomic mass is 9.49. The Labute approximate surface area is 189 Å². The summed E-state index contributed by atoms with van der Waals surface area (Å²) in [6.45, 7) is 8.47. The molecule has 1 fully saturated rings. The third-order valence-electron chi connectivity index (χ3n) is 7.71. The van der Waals surface area contributed by atoms with Gasteiger partial charge in [-0.2, -0.15) is 0 Å². The first-order chi connectivity index (χ1) is 15.0. The Bertz CT molecular complexity index is 1000. The summed E-state index contributed by atoms with van der Waals surface area (Å²) in [6.07, 6.45) is 2.14. The van der Waals surface area contributed by atoms with Crippen LogP contribution < -0.4 is 9.96 Å². The van der Waals surface area contributed by atoms with Crippen molar-refractivity contribution in [3.8, 4) is 5.75 Å². The molecule has 2 aliphatic carbocycles. The van der Waals surface area contributed by atoms with E-state index in [0.29, 0.717) is 24.5 Å². The van der Waals surface area contributed by atoms with E-state index in [1.807, 2.05) is 6.92 Å². The fourth-order valence-electron chi connectivity index (χ4n) is 6.10. The molecule has 172 valence electrons. The van der Waals surface area contributed by atoms with Gasteiger partial charge in [0, 0.05) is 0 Å². The molecule has 4 rings (SSSR count). The van der Waals surface area contributed by atoms with Gasteiger partial charge < -0.3 is 20.3 Å². The summed E-state index contributed by atoms with van der Waals surface area (Å²) in [6, 6.07) is 12.4. The Morgan fingerprint density at radius 2 is 1.84 bits per heavy atom. The largest absolute Gasteiger partial charge is 0.733 e. The molecule has 0 spiro atoms. The Kier molecular flexibility index (Phi) is 5.82. The van der Waals surface area contributed by atoms with Gasteiger partial charge in [0.2, 0.25) is 0 Å². The van der Waals surface area contributed by atoms with Crippen molar-refractivity contribution in [2.45, 2.75) is 70.8 Å². The minimum atomic E-state index is -0.846. The van der Waals surface area contributed by atoms with Crippen molar-refractivity contribution >= 4 is 11.7 Å². The molecule has 0 radical (unpaired) electrons. The van der Waals surface area contributed by atoms with Gasteiger partial charge in [-0.25, -0.2) is 0 Å². The van der Waals surface area contributed by atoms with E-state index in [-0.39, 0.29) is 28.2 Å². The highest BCUT2D eigenvalue weighted by atomic mass is 16.8. The lowest BCUT2D eigenvalue weighted by Gasteiger charge is -2.55. The maximum absolute atomic E-state index is 13.5. The number of aliphatic hydroxyl groups excluding tert-OH is 1. The second-order valence-electron chi connectivity index (χ2n) is 10.2. The predicted molar refractivity (Wildman–Crippen MR) is 123 cm³/mol. The number of fused-ring (bicyclic) bond motifs is 3. The fraction of sp³-hybridized carbons (Fsp3) is 0.500. The first kappa shape index (κ1) is 22.8. The molecule has 4 atom stereocenters. The molecule has 0 bridgehead atoms. The number of benzene rings is 2. The Hall–Kier alpha value is -2.41. The normalized spacial score (nSPS) is 29.2. The summed E-state index contributed by atoms with van der Waals surface area (Å²) < 4.78 is 5.72. The van der Waals surface area contributed by atoms with Gasteiger partial charge in [0.1, 0.15) is 5.75 Å². The van der Waals surface area contributed by atoms with Crippen LogP contribution in [0, 0.1) is 16.5 Å². The zero-order valence-corrected chi connectivity index (χ0v) is 19.2. The van der Waals surface area contributed by atoms with Crippen molar-refractivity contribution in [1.29, 1.82) is 0 Å². The molecular weight excluding hydrogens is 406 g/mol. The Morgan fingerprint density at radius 3 is 2.47 bits per heavy atom. The second-order valence-corrected chi connectivity index (χ2v) is 10.2. The number of aryl methyl sites for hydroxylation is 1. The lowest BCUT2D eigenvalue weighted by Crippen LogP contribution is -2.56. The number of aliphatic hydroxyl groups is 1. The highest BCUT2D eigenvalue weighted by Crippen LogP contribution is 2.57. The molecule has 0 amide bonds. The first-order valence-electron chi connectivity index (χ1n) is 11.3. The number of hydrogen-bond acceptors (Lipinski definition) is 6. The zero-order valence-electron chi connectivity index (χ0n) is 19.2. The van der Waals surface area contributed by atoms with Crippen molar-refractivity contribution in [3.63, 3.8) is 0 Å². The van der Waals surface area contributed by atoms with Crippen LogP contribution in [-0.4, -0.2) is 22.4 Å². The molecule has 2 aromatic carbocycles. The number of esters is 1. The van der Waals surface area contributed by atoms with Crippen LogP contribution in [0.4, 0.5) is 5.69 Å². The number of rotatable bonds is 4. The molecule has 6 nitrogen and oxygen atoms in total. The molecule has 2 aliphatic rings. The molecule has 2 N–H and O–H groups in total. The monoisotopic (exact) mass is 438 g/mol. The van der Waals surface area contributed by atoms with E-state index < -0.39 is 11.5 Å². The molecule has 0 saturated heterocycles. The Balaban J connectivity index is 1.65. The lowest BCUT2D eigenvalue weighted by molar-refractivity contribution is -0.159. The Morgan fingerprint density at radius 1 is 1.16 bits per heavy atom. The molecule has 2 aromatic rings. The van der Waals surface area contributed by atoms with Gasteiger partial charge in [-0.15, -0.1) is 0 Å². The van der Waals surface area contributed by atoms with Gasteiger partial charge in [0.05, 0.1) is 17.2 Å². The summed E-state index contributed by atoms with van der Waals surface area (Å²) in [7, 11) is 0. The first-order valence-corrected chi connectivity index (χ1v) is 11.3. The quantitative estimate of drug-likeness (QED) is 0.392. The van der Waals surface area contributed by atoms with Crippen molar-refractivity contribution in [2.24, 2.45) is 11.3 Å². The summed E-state index contributed by atoms with van der Waals surface area (Å²) in [4.78, 5) is 13.5. The zero-order chi connectivity index (χ0) is 23.3. The van der Waals surface area contributed by atoms with Crippen LogP contribution in [0.3, 0.4) is 0 Å². The van der Waals surface area contributed by atoms with Crippen molar-refractivity contribution in [2.75, 3.05) is 5.23 Å². The second kappa shape index (κ2) is 8.18. The van der Waals surface area contributed by atoms with Crippen LogP contribution in [0.15, 0.2) is 42.5 Å². The van der Waals surface area contributed by atoms with Gasteiger partial charge in [-0.05, 0) is 90.8 Å². The number of ether oxygens (including phenoxy) is 1. The average molecular weight is 439 g/mol. The summed E-state index contributed by atoms with van der Waals surface area (Å²) >= 11 is 0. The van der Waals surface area contributed by atoms with Crippen LogP contribution in [0.2, 0.25) is 0 Å². The van der Waals surface area contributed by atoms with E-state index in [1.165, 1.54) is 41.0 Å². The third-order valence-corrected chi connectivity index (χ3v) is 7.71. The molecule has 4 unspecified atom stereocenters. The van der Waals surface area contributed by atoms with Gasteiger partial charge in [-0.1, -0.05) is 39.0 Å². The van der Waals surface area contributed by atoms with Gasteiger partial charge >= 0.3 is 5.97 Å². The summed E-state index contributed by atoms with van der Waals surface area (Å²) in [5.41, 5.74) is 2.76. The molecule has 1 saturated carbocycles. The fourth-order valence-corrected chi connectivity index (χ4v) is 6.10. The number of carbonyl (C=O) groups excluding carboxylic acids is 1. The summed E-state index contributed by atoms with van der Waals surface area (Å²) in [5, 5.41) is 30.6. The molecule has 6 heteroatoms. The smallest absolute Gasteiger partial charge is 0.317 e. The molecule has 0 heterocycles. The van der Waals surface area contributed by atoms with Gasteiger partial charge in [0.25, 0.3) is 0 Å².